The number of carbonyl (C=O) groups is 3. The molecule has 0 saturated carbocycles. The van der Waals surface area contributed by atoms with Gasteiger partial charge in [-0.05, 0) is 47.7 Å². The number of amides is 3. The summed E-state index contributed by atoms with van der Waals surface area (Å²) in [4.78, 5) is 35.9. The summed E-state index contributed by atoms with van der Waals surface area (Å²) in [6, 6.07) is 14.5. The van der Waals surface area contributed by atoms with Gasteiger partial charge in [-0.1, -0.05) is 52.0 Å². The van der Waals surface area contributed by atoms with Crippen LogP contribution in [0.5, 0.6) is 0 Å². The molecule has 2 rings (SSSR count). The molecular weight excluding hydrogens is 378 g/mol. The van der Waals surface area contributed by atoms with Gasteiger partial charge < -0.3 is 16.0 Å². The SMILES string of the molecule is CCC(=O)Nc1ccc(C(C)NC(=O)CNC(=O)c2ccc(C(C)(C)C)cc2)cc1. The van der Waals surface area contributed by atoms with Crippen LogP contribution in [-0.4, -0.2) is 24.3 Å². The van der Waals surface area contributed by atoms with E-state index in [1.807, 2.05) is 31.2 Å². The quantitative estimate of drug-likeness (QED) is 0.647. The van der Waals surface area contributed by atoms with Gasteiger partial charge in [0.2, 0.25) is 11.8 Å². The van der Waals surface area contributed by atoms with Crippen LogP contribution in [-0.2, 0) is 15.0 Å². The maximum absolute atomic E-state index is 12.3. The number of anilines is 1. The van der Waals surface area contributed by atoms with E-state index >= 15 is 0 Å². The van der Waals surface area contributed by atoms with Gasteiger partial charge in [-0.25, -0.2) is 0 Å². The Labute approximate surface area is 178 Å². The van der Waals surface area contributed by atoms with Crippen molar-refractivity contribution in [2.75, 3.05) is 11.9 Å². The van der Waals surface area contributed by atoms with Crippen molar-refractivity contribution >= 4 is 23.4 Å². The summed E-state index contributed by atoms with van der Waals surface area (Å²) in [7, 11) is 0. The highest BCUT2D eigenvalue weighted by atomic mass is 16.2. The average molecular weight is 410 g/mol. The van der Waals surface area contributed by atoms with Crippen LogP contribution in [0.4, 0.5) is 5.69 Å². The van der Waals surface area contributed by atoms with Crippen molar-refractivity contribution in [2.45, 2.75) is 52.5 Å². The van der Waals surface area contributed by atoms with E-state index in [0.29, 0.717) is 17.7 Å². The summed E-state index contributed by atoms with van der Waals surface area (Å²) in [6.07, 6.45) is 0.417. The lowest BCUT2D eigenvalue weighted by molar-refractivity contribution is -0.120. The van der Waals surface area contributed by atoms with Crippen LogP contribution >= 0.6 is 0 Å². The number of benzene rings is 2. The number of rotatable bonds is 7. The van der Waals surface area contributed by atoms with E-state index in [2.05, 4.69) is 36.7 Å². The lowest BCUT2D eigenvalue weighted by Gasteiger charge is -2.19. The van der Waals surface area contributed by atoms with Crippen LogP contribution in [0.1, 0.15) is 68.6 Å². The Morgan fingerprint density at radius 3 is 2.03 bits per heavy atom. The maximum atomic E-state index is 12.3. The summed E-state index contributed by atoms with van der Waals surface area (Å²) >= 11 is 0. The highest BCUT2D eigenvalue weighted by Gasteiger charge is 2.15. The highest BCUT2D eigenvalue weighted by Crippen LogP contribution is 2.22. The lowest BCUT2D eigenvalue weighted by atomic mass is 9.87. The minimum Gasteiger partial charge on any atom is -0.348 e. The monoisotopic (exact) mass is 409 g/mol. The van der Waals surface area contributed by atoms with Gasteiger partial charge in [0, 0.05) is 17.7 Å². The van der Waals surface area contributed by atoms with Gasteiger partial charge in [-0.2, -0.15) is 0 Å². The zero-order chi connectivity index (χ0) is 22.3. The zero-order valence-corrected chi connectivity index (χ0v) is 18.3. The van der Waals surface area contributed by atoms with Crippen LogP contribution in [0, 0.1) is 0 Å². The number of hydrogen-bond donors (Lipinski definition) is 3. The molecule has 3 amide bonds. The molecule has 0 bridgehead atoms. The molecule has 0 aromatic heterocycles. The van der Waals surface area contributed by atoms with E-state index in [9.17, 15) is 14.4 Å². The second-order valence-corrected chi connectivity index (χ2v) is 8.32. The van der Waals surface area contributed by atoms with Gasteiger partial charge in [0.1, 0.15) is 0 Å². The van der Waals surface area contributed by atoms with Crippen LogP contribution < -0.4 is 16.0 Å². The van der Waals surface area contributed by atoms with Gasteiger partial charge in [0.05, 0.1) is 12.6 Å². The molecule has 0 spiro atoms. The molecule has 0 aliphatic rings. The molecule has 2 aromatic rings. The molecule has 1 atom stereocenters. The molecule has 6 heteroatoms. The fourth-order valence-electron chi connectivity index (χ4n) is 2.86. The fourth-order valence-corrected chi connectivity index (χ4v) is 2.86. The summed E-state index contributed by atoms with van der Waals surface area (Å²) < 4.78 is 0. The first kappa shape index (κ1) is 23.1. The third kappa shape index (κ3) is 6.72. The van der Waals surface area contributed by atoms with Gasteiger partial charge in [-0.15, -0.1) is 0 Å². The van der Waals surface area contributed by atoms with Crippen LogP contribution in [0.2, 0.25) is 0 Å². The van der Waals surface area contributed by atoms with Crippen LogP contribution in [0.3, 0.4) is 0 Å². The molecule has 0 aliphatic carbocycles. The minimum atomic E-state index is -0.283. The standard InChI is InChI=1S/C24H31N3O3/c1-6-21(28)27-20-13-9-17(10-14-20)16(2)26-22(29)15-25-23(30)18-7-11-19(12-8-18)24(3,4)5/h7-14,16H,6,15H2,1-5H3,(H,25,30)(H,26,29)(H,27,28). The van der Waals surface area contributed by atoms with Crippen LogP contribution in [0.15, 0.2) is 48.5 Å². The third-order valence-corrected chi connectivity index (χ3v) is 4.82. The van der Waals surface area contributed by atoms with Crippen molar-refractivity contribution in [1.82, 2.24) is 10.6 Å². The molecule has 160 valence electrons. The molecule has 3 N–H and O–H groups in total. The van der Waals surface area contributed by atoms with Crippen molar-refractivity contribution < 1.29 is 14.4 Å². The fraction of sp³-hybridized carbons (Fsp3) is 0.375. The normalized spacial score (nSPS) is 12.0. The molecule has 2 aromatic carbocycles. The number of carbonyl (C=O) groups excluding carboxylic acids is 3. The smallest absolute Gasteiger partial charge is 0.251 e. The molecule has 0 aliphatic heterocycles. The summed E-state index contributed by atoms with van der Waals surface area (Å²) in [5.41, 5.74) is 3.31. The average Bonchev–Trinajstić information content (AvgIpc) is 2.71. The van der Waals surface area contributed by atoms with Crippen molar-refractivity contribution in [2.24, 2.45) is 0 Å². The van der Waals surface area contributed by atoms with E-state index in [0.717, 1.165) is 11.1 Å². The third-order valence-electron chi connectivity index (χ3n) is 4.82. The number of hydrogen-bond acceptors (Lipinski definition) is 3. The molecule has 0 fully saturated rings. The summed E-state index contributed by atoms with van der Waals surface area (Å²) in [5.74, 6) is -0.604. The van der Waals surface area contributed by atoms with Crippen molar-refractivity contribution in [3.63, 3.8) is 0 Å². The second-order valence-electron chi connectivity index (χ2n) is 8.32. The topological polar surface area (TPSA) is 87.3 Å². The molecule has 1 unspecified atom stereocenters. The van der Waals surface area contributed by atoms with Crippen LogP contribution in [0.25, 0.3) is 0 Å². The first-order chi connectivity index (χ1) is 14.1. The predicted octanol–water partition coefficient (Wildman–Crippen LogP) is 3.94. The highest BCUT2D eigenvalue weighted by molar-refractivity contribution is 5.96. The van der Waals surface area contributed by atoms with E-state index in [1.165, 1.54) is 0 Å². The van der Waals surface area contributed by atoms with E-state index in [1.54, 1.807) is 31.2 Å². The van der Waals surface area contributed by atoms with Crippen molar-refractivity contribution in [3.05, 3.63) is 65.2 Å². The Morgan fingerprint density at radius 2 is 1.50 bits per heavy atom. The molecule has 0 saturated heterocycles. The van der Waals surface area contributed by atoms with Crippen molar-refractivity contribution in [3.8, 4) is 0 Å². The molecule has 0 radical (unpaired) electrons. The summed E-state index contributed by atoms with van der Waals surface area (Å²) in [5, 5.41) is 8.30. The van der Waals surface area contributed by atoms with Gasteiger partial charge in [0.25, 0.3) is 5.91 Å². The summed E-state index contributed by atoms with van der Waals surface area (Å²) in [6.45, 7) is 9.90. The van der Waals surface area contributed by atoms with E-state index in [-0.39, 0.29) is 35.7 Å². The molecular formula is C24H31N3O3. The first-order valence-electron chi connectivity index (χ1n) is 10.2. The Bertz CT molecular complexity index is 881. The molecule has 6 nitrogen and oxygen atoms in total. The Hall–Kier alpha value is -3.15. The Balaban J connectivity index is 1.85. The molecule has 0 heterocycles. The second kappa shape index (κ2) is 10.1. The largest absolute Gasteiger partial charge is 0.348 e. The van der Waals surface area contributed by atoms with Gasteiger partial charge in [0.15, 0.2) is 0 Å². The maximum Gasteiger partial charge on any atom is 0.251 e. The minimum absolute atomic E-state index is 0.0187. The zero-order valence-electron chi connectivity index (χ0n) is 18.3. The predicted molar refractivity (Wildman–Crippen MR) is 119 cm³/mol. The first-order valence-corrected chi connectivity index (χ1v) is 10.2. The van der Waals surface area contributed by atoms with E-state index < -0.39 is 0 Å². The van der Waals surface area contributed by atoms with E-state index in [4.69, 9.17) is 0 Å². The lowest BCUT2D eigenvalue weighted by Crippen LogP contribution is -2.38. The Kier molecular flexibility index (Phi) is 7.75. The number of nitrogens with one attached hydrogen (secondary N) is 3. The Morgan fingerprint density at radius 1 is 0.900 bits per heavy atom. The van der Waals surface area contributed by atoms with Crippen molar-refractivity contribution in [1.29, 1.82) is 0 Å². The van der Waals surface area contributed by atoms with Gasteiger partial charge >= 0.3 is 0 Å². The molecule has 30 heavy (non-hydrogen) atoms. The van der Waals surface area contributed by atoms with Gasteiger partial charge in [-0.3, -0.25) is 14.4 Å².